The number of nitrogens with two attached hydrogens (primary N) is 1. The minimum Gasteiger partial charge on any atom is -0.431 e. The molecular weight excluding hydrogens is 282 g/mol. The first-order chi connectivity index (χ1) is 9.49. The van der Waals surface area contributed by atoms with E-state index in [1.165, 1.54) is 24.4 Å². The van der Waals surface area contributed by atoms with Crippen LogP contribution >= 0.6 is 11.6 Å². The fraction of sp³-hybridized carbons (Fsp3) is 0.154. The lowest BCUT2D eigenvalue weighted by atomic mass is 10.1. The summed E-state index contributed by atoms with van der Waals surface area (Å²) in [4.78, 5) is 14.5. The van der Waals surface area contributed by atoms with Crippen molar-refractivity contribution in [1.82, 2.24) is 4.98 Å². The second-order valence-corrected chi connectivity index (χ2v) is 4.59. The molecule has 1 aromatic carbocycles. The van der Waals surface area contributed by atoms with Crippen LogP contribution in [0.1, 0.15) is 18.5 Å². The molecule has 20 heavy (non-hydrogen) atoms. The van der Waals surface area contributed by atoms with Gasteiger partial charge in [0.15, 0.2) is 0 Å². The van der Waals surface area contributed by atoms with E-state index in [2.05, 4.69) is 4.98 Å². The Morgan fingerprint density at radius 3 is 2.85 bits per heavy atom. The predicted molar refractivity (Wildman–Crippen MR) is 75.0 cm³/mol. The van der Waals surface area contributed by atoms with Crippen LogP contribution < -0.4 is 10.5 Å². The minimum atomic E-state index is -0.560. The van der Waals surface area contributed by atoms with Gasteiger partial charge in [0.2, 0.25) is 11.6 Å². The third-order valence-electron chi connectivity index (χ3n) is 2.62. The van der Waals surface area contributed by atoms with E-state index in [0.29, 0.717) is 5.56 Å². The molecule has 0 radical (unpaired) electrons. The summed E-state index contributed by atoms with van der Waals surface area (Å²) in [5.74, 6) is 0.313. The van der Waals surface area contributed by atoms with Crippen molar-refractivity contribution < 1.29 is 9.66 Å². The molecule has 0 unspecified atom stereocenters. The molecule has 0 bridgehead atoms. The third kappa shape index (κ3) is 3.04. The lowest BCUT2D eigenvalue weighted by Crippen LogP contribution is -2.07. The van der Waals surface area contributed by atoms with E-state index < -0.39 is 4.92 Å². The van der Waals surface area contributed by atoms with E-state index >= 15 is 0 Å². The summed E-state index contributed by atoms with van der Waals surface area (Å²) in [7, 11) is 0. The number of halogens is 1. The zero-order chi connectivity index (χ0) is 14.7. The zero-order valence-electron chi connectivity index (χ0n) is 10.6. The van der Waals surface area contributed by atoms with Gasteiger partial charge in [0.05, 0.1) is 4.92 Å². The maximum absolute atomic E-state index is 11.0. The first-order valence-corrected chi connectivity index (χ1v) is 6.19. The van der Waals surface area contributed by atoms with E-state index in [1.807, 2.05) is 0 Å². The molecule has 1 atom stereocenters. The van der Waals surface area contributed by atoms with Crippen molar-refractivity contribution in [3.05, 3.63) is 57.2 Å². The van der Waals surface area contributed by atoms with Crippen molar-refractivity contribution in [3.8, 4) is 11.6 Å². The molecule has 7 heteroatoms. The summed E-state index contributed by atoms with van der Waals surface area (Å²) in [5, 5.41) is 11.3. The van der Waals surface area contributed by atoms with Crippen molar-refractivity contribution in [2.75, 3.05) is 0 Å². The number of aromatic nitrogens is 1. The second-order valence-electron chi connectivity index (χ2n) is 4.16. The largest absolute Gasteiger partial charge is 0.431 e. The van der Waals surface area contributed by atoms with E-state index in [9.17, 15) is 10.1 Å². The Bertz CT molecular complexity index is 647. The van der Waals surface area contributed by atoms with Gasteiger partial charge in [0, 0.05) is 28.9 Å². The van der Waals surface area contributed by atoms with Gasteiger partial charge < -0.3 is 10.5 Å². The Morgan fingerprint density at radius 2 is 2.20 bits per heavy atom. The number of hydrogen-bond donors (Lipinski definition) is 1. The molecule has 104 valence electrons. The van der Waals surface area contributed by atoms with Crippen molar-refractivity contribution in [2.24, 2.45) is 5.73 Å². The SMILES string of the molecule is C[C@@H](N)c1cccnc1Oc1ccc(Cl)cc1[N+](=O)[O-]. The minimum absolute atomic E-state index is 0.0694. The van der Waals surface area contributed by atoms with Crippen LogP contribution in [-0.4, -0.2) is 9.91 Å². The fourth-order valence-corrected chi connectivity index (χ4v) is 1.83. The molecule has 0 aliphatic rings. The summed E-state index contributed by atoms with van der Waals surface area (Å²) in [6, 6.07) is 7.35. The summed E-state index contributed by atoms with van der Waals surface area (Å²) in [6.45, 7) is 1.78. The summed E-state index contributed by atoms with van der Waals surface area (Å²) >= 11 is 5.75. The van der Waals surface area contributed by atoms with Gasteiger partial charge in [-0.2, -0.15) is 0 Å². The smallest absolute Gasteiger partial charge is 0.313 e. The van der Waals surface area contributed by atoms with Crippen LogP contribution in [0.3, 0.4) is 0 Å². The predicted octanol–water partition coefficient (Wildman–Crippen LogP) is 3.46. The van der Waals surface area contributed by atoms with E-state index in [-0.39, 0.29) is 28.4 Å². The summed E-state index contributed by atoms with van der Waals surface area (Å²) in [5.41, 5.74) is 6.26. The molecule has 0 saturated carbocycles. The molecule has 2 rings (SSSR count). The molecule has 2 N–H and O–H groups in total. The van der Waals surface area contributed by atoms with Gasteiger partial charge in [0.1, 0.15) is 0 Å². The van der Waals surface area contributed by atoms with Crippen molar-refractivity contribution in [1.29, 1.82) is 0 Å². The van der Waals surface area contributed by atoms with Crippen LogP contribution in [0, 0.1) is 10.1 Å². The van der Waals surface area contributed by atoms with Gasteiger partial charge in [-0.15, -0.1) is 0 Å². The molecule has 6 nitrogen and oxygen atoms in total. The number of ether oxygens (including phenoxy) is 1. The van der Waals surface area contributed by atoms with Crippen LogP contribution in [0.4, 0.5) is 5.69 Å². The highest BCUT2D eigenvalue weighted by atomic mass is 35.5. The Labute approximate surface area is 120 Å². The molecule has 1 heterocycles. The standard InChI is InChI=1S/C13H12ClN3O3/c1-8(15)10-3-2-6-16-13(10)20-12-5-4-9(14)7-11(12)17(18)19/h2-8H,15H2,1H3/t8-/m1/s1. The number of benzene rings is 1. The maximum atomic E-state index is 11.0. The van der Waals surface area contributed by atoms with Gasteiger partial charge in [-0.1, -0.05) is 17.7 Å². The van der Waals surface area contributed by atoms with Gasteiger partial charge in [0.25, 0.3) is 0 Å². The average Bonchev–Trinajstić information content (AvgIpc) is 2.41. The van der Waals surface area contributed by atoms with Crippen molar-refractivity contribution >= 4 is 17.3 Å². The Kier molecular flexibility index (Phi) is 4.16. The van der Waals surface area contributed by atoms with Gasteiger partial charge in [-0.25, -0.2) is 4.98 Å². The first kappa shape index (κ1) is 14.2. The lowest BCUT2D eigenvalue weighted by molar-refractivity contribution is -0.385. The van der Waals surface area contributed by atoms with Crippen LogP contribution in [0.5, 0.6) is 11.6 Å². The number of nitro benzene ring substituents is 1. The number of nitrogens with zero attached hydrogens (tertiary/aromatic N) is 2. The quantitative estimate of drug-likeness (QED) is 0.688. The summed E-state index contributed by atoms with van der Waals surface area (Å²) < 4.78 is 5.53. The van der Waals surface area contributed by atoms with Crippen LogP contribution in [0.15, 0.2) is 36.5 Å². The zero-order valence-corrected chi connectivity index (χ0v) is 11.4. The van der Waals surface area contributed by atoms with E-state index in [0.717, 1.165) is 0 Å². The molecule has 0 amide bonds. The molecule has 0 aliphatic heterocycles. The van der Waals surface area contributed by atoms with E-state index in [4.69, 9.17) is 22.1 Å². The lowest BCUT2D eigenvalue weighted by Gasteiger charge is -2.12. The van der Waals surface area contributed by atoms with Crippen LogP contribution in [-0.2, 0) is 0 Å². The first-order valence-electron chi connectivity index (χ1n) is 5.81. The van der Waals surface area contributed by atoms with Gasteiger partial charge >= 0.3 is 5.69 Å². The topological polar surface area (TPSA) is 91.3 Å². The second kappa shape index (κ2) is 5.85. The molecular formula is C13H12ClN3O3. The number of rotatable bonds is 4. The molecule has 2 aromatic rings. The Balaban J connectivity index is 2.43. The molecule has 1 aromatic heterocycles. The average molecular weight is 294 g/mol. The van der Waals surface area contributed by atoms with Gasteiger partial charge in [-0.05, 0) is 25.1 Å². The Hall–Kier alpha value is -2.18. The number of hydrogen-bond acceptors (Lipinski definition) is 5. The van der Waals surface area contributed by atoms with Crippen molar-refractivity contribution in [3.63, 3.8) is 0 Å². The highest BCUT2D eigenvalue weighted by Crippen LogP contribution is 2.34. The normalized spacial score (nSPS) is 11.9. The molecule has 0 aliphatic carbocycles. The third-order valence-corrected chi connectivity index (χ3v) is 2.85. The monoisotopic (exact) mass is 293 g/mol. The molecule has 0 fully saturated rings. The number of pyridine rings is 1. The van der Waals surface area contributed by atoms with Gasteiger partial charge in [-0.3, -0.25) is 10.1 Å². The van der Waals surface area contributed by atoms with E-state index in [1.54, 1.807) is 19.1 Å². The fourth-order valence-electron chi connectivity index (χ4n) is 1.66. The maximum Gasteiger partial charge on any atom is 0.313 e. The van der Waals surface area contributed by atoms with Crippen LogP contribution in [0.25, 0.3) is 0 Å². The molecule has 0 saturated heterocycles. The Morgan fingerprint density at radius 1 is 1.45 bits per heavy atom. The highest BCUT2D eigenvalue weighted by Gasteiger charge is 2.19. The van der Waals surface area contributed by atoms with Crippen molar-refractivity contribution in [2.45, 2.75) is 13.0 Å². The molecule has 0 spiro atoms. The highest BCUT2D eigenvalue weighted by molar-refractivity contribution is 6.30. The summed E-state index contributed by atoms with van der Waals surface area (Å²) in [6.07, 6.45) is 1.53. The van der Waals surface area contributed by atoms with Crippen LogP contribution in [0.2, 0.25) is 5.02 Å². The number of nitro groups is 1.